The molecule has 2 heterocycles. The Morgan fingerprint density at radius 3 is 3.10 bits per heavy atom. The number of fused-ring (bicyclic) bond motifs is 1. The van der Waals surface area contributed by atoms with Crippen LogP contribution in [0.4, 0.5) is 0 Å². The van der Waals surface area contributed by atoms with Gasteiger partial charge in [-0.15, -0.1) is 11.8 Å². The molecule has 1 aromatic heterocycles. The number of aromatic nitrogens is 2. The average Bonchev–Trinajstić information content (AvgIpc) is 3.05. The molecule has 2 aromatic rings. The lowest BCUT2D eigenvalue weighted by Crippen LogP contribution is -2.21. The second-order valence-electron chi connectivity index (χ2n) is 5.49. The molecule has 0 saturated heterocycles. The van der Waals surface area contributed by atoms with Crippen LogP contribution in [0.25, 0.3) is 0 Å². The zero-order chi connectivity index (χ0) is 13.9. The van der Waals surface area contributed by atoms with Crippen LogP contribution in [0, 0.1) is 0 Å². The largest absolute Gasteiger partial charge is 0.327 e. The lowest BCUT2D eigenvalue weighted by molar-refractivity contribution is 0.593. The second-order valence-corrected chi connectivity index (χ2v) is 6.84. The average molecular weight is 287 g/mol. The summed E-state index contributed by atoms with van der Waals surface area (Å²) >= 11 is 1.97. The number of nitrogens with two attached hydrogens (primary N) is 1. The number of nitrogens with zero attached hydrogens (tertiary/aromatic N) is 2. The third-order valence-corrected chi connectivity index (χ3v) is 5.11. The highest BCUT2D eigenvalue weighted by atomic mass is 32.2. The number of benzene rings is 1. The van der Waals surface area contributed by atoms with E-state index < -0.39 is 0 Å². The molecule has 0 bridgehead atoms. The van der Waals surface area contributed by atoms with Crippen molar-refractivity contribution >= 4 is 11.8 Å². The van der Waals surface area contributed by atoms with E-state index in [0.29, 0.717) is 5.25 Å². The van der Waals surface area contributed by atoms with Crippen molar-refractivity contribution < 1.29 is 0 Å². The van der Waals surface area contributed by atoms with Crippen LogP contribution in [0.1, 0.15) is 24.5 Å². The van der Waals surface area contributed by atoms with Gasteiger partial charge < -0.3 is 5.73 Å². The fraction of sp³-hybridized carbons (Fsp3) is 0.438. The van der Waals surface area contributed by atoms with E-state index in [0.717, 1.165) is 25.8 Å². The first-order valence-electron chi connectivity index (χ1n) is 7.26. The number of thioether (sulfide) groups is 1. The zero-order valence-electron chi connectivity index (χ0n) is 11.8. The highest BCUT2D eigenvalue weighted by Crippen LogP contribution is 2.37. The fourth-order valence-corrected chi connectivity index (χ4v) is 3.93. The van der Waals surface area contributed by atoms with Crippen molar-refractivity contribution in [2.24, 2.45) is 5.73 Å². The number of hydrogen-bond acceptors (Lipinski definition) is 3. The van der Waals surface area contributed by atoms with Gasteiger partial charge in [0.1, 0.15) is 0 Å². The molecule has 0 aliphatic carbocycles. The normalized spacial score (nSPS) is 19.0. The summed E-state index contributed by atoms with van der Waals surface area (Å²) < 4.78 is 2.07. The molecular formula is C16H21N3S. The van der Waals surface area contributed by atoms with Gasteiger partial charge in [0, 0.05) is 22.4 Å². The SMILES string of the molecule is CCC(N)Cc1cnn(CC2Cc3ccccc3S2)c1. The van der Waals surface area contributed by atoms with Gasteiger partial charge in [0.05, 0.1) is 12.7 Å². The lowest BCUT2D eigenvalue weighted by Gasteiger charge is -2.08. The zero-order valence-corrected chi connectivity index (χ0v) is 12.6. The van der Waals surface area contributed by atoms with Gasteiger partial charge in [0.2, 0.25) is 0 Å². The predicted octanol–water partition coefficient (Wildman–Crippen LogP) is 2.88. The molecule has 0 saturated carbocycles. The summed E-state index contributed by atoms with van der Waals surface area (Å²) in [7, 11) is 0. The minimum absolute atomic E-state index is 0.248. The van der Waals surface area contributed by atoms with Crippen LogP contribution in [0.15, 0.2) is 41.6 Å². The van der Waals surface area contributed by atoms with Crippen LogP contribution in [-0.2, 0) is 19.4 Å². The summed E-state index contributed by atoms with van der Waals surface area (Å²) in [5.41, 5.74) is 8.72. The summed E-state index contributed by atoms with van der Waals surface area (Å²) in [4.78, 5) is 1.43. The molecule has 1 aliphatic rings. The Morgan fingerprint density at radius 2 is 2.30 bits per heavy atom. The van der Waals surface area contributed by atoms with E-state index in [2.05, 4.69) is 47.2 Å². The van der Waals surface area contributed by atoms with Gasteiger partial charge >= 0.3 is 0 Å². The topological polar surface area (TPSA) is 43.8 Å². The Bertz CT molecular complexity index is 554. The predicted molar refractivity (Wildman–Crippen MR) is 84.0 cm³/mol. The summed E-state index contributed by atoms with van der Waals surface area (Å²) in [6.07, 6.45) is 7.19. The number of hydrogen-bond donors (Lipinski definition) is 1. The quantitative estimate of drug-likeness (QED) is 0.919. The van der Waals surface area contributed by atoms with Crippen LogP contribution in [-0.4, -0.2) is 21.1 Å². The second kappa shape index (κ2) is 6.02. The summed E-state index contributed by atoms with van der Waals surface area (Å²) in [5.74, 6) is 0. The Kier molecular flexibility index (Phi) is 4.13. The van der Waals surface area contributed by atoms with Crippen molar-refractivity contribution in [2.75, 3.05) is 0 Å². The van der Waals surface area contributed by atoms with E-state index in [9.17, 15) is 0 Å². The van der Waals surface area contributed by atoms with E-state index in [1.807, 2.05) is 18.0 Å². The summed E-state index contributed by atoms with van der Waals surface area (Å²) in [5, 5.41) is 5.07. The molecule has 2 unspecified atom stereocenters. The molecule has 0 radical (unpaired) electrons. The van der Waals surface area contributed by atoms with Crippen molar-refractivity contribution in [2.45, 2.75) is 48.9 Å². The van der Waals surface area contributed by atoms with E-state index in [-0.39, 0.29) is 6.04 Å². The van der Waals surface area contributed by atoms with Crippen LogP contribution in [0.5, 0.6) is 0 Å². The van der Waals surface area contributed by atoms with Gasteiger partial charge in [0.15, 0.2) is 0 Å². The molecule has 4 heteroatoms. The molecule has 106 valence electrons. The molecule has 3 nitrogen and oxygen atoms in total. The minimum atomic E-state index is 0.248. The first kappa shape index (κ1) is 13.7. The monoisotopic (exact) mass is 287 g/mol. The van der Waals surface area contributed by atoms with E-state index >= 15 is 0 Å². The van der Waals surface area contributed by atoms with Crippen molar-refractivity contribution in [3.05, 3.63) is 47.8 Å². The maximum absolute atomic E-state index is 5.99. The standard InChI is InChI=1S/C16H21N3S/c1-2-14(17)7-12-9-18-19(10-12)11-15-8-13-5-3-4-6-16(13)20-15/h3-6,9-10,14-15H,2,7-8,11,17H2,1H3. The molecule has 0 fully saturated rings. The lowest BCUT2D eigenvalue weighted by atomic mass is 10.1. The smallest absolute Gasteiger partial charge is 0.0534 e. The van der Waals surface area contributed by atoms with Crippen molar-refractivity contribution in [3.63, 3.8) is 0 Å². The fourth-order valence-electron chi connectivity index (χ4n) is 2.62. The Morgan fingerprint density at radius 1 is 1.45 bits per heavy atom. The molecule has 3 rings (SSSR count). The maximum atomic E-state index is 5.99. The first-order valence-corrected chi connectivity index (χ1v) is 8.14. The first-order chi connectivity index (χ1) is 9.74. The molecule has 2 atom stereocenters. The maximum Gasteiger partial charge on any atom is 0.0534 e. The molecule has 1 aromatic carbocycles. The molecule has 0 amide bonds. The molecule has 20 heavy (non-hydrogen) atoms. The van der Waals surface area contributed by atoms with E-state index in [1.165, 1.54) is 16.0 Å². The molecule has 2 N–H and O–H groups in total. The van der Waals surface area contributed by atoms with E-state index in [4.69, 9.17) is 5.73 Å². The van der Waals surface area contributed by atoms with Gasteiger partial charge in [-0.25, -0.2) is 0 Å². The van der Waals surface area contributed by atoms with Crippen LogP contribution >= 0.6 is 11.8 Å². The molecular weight excluding hydrogens is 266 g/mol. The van der Waals surface area contributed by atoms with Gasteiger partial charge in [0.25, 0.3) is 0 Å². The van der Waals surface area contributed by atoms with Crippen molar-refractivity contribution in [3.8, 4) is 0 Å². The van der Waals surface area contributed by atoms with Gasteiger partial charge in [-0.1, -0.05) is 25.1 Å². The third kappa shape index (κ3) is 3.07. The van der Waals surface area contributed by atoms with Crippen LogP contribution in [0.3, 0.4) is 0 Å². The Labute approximate surface area is 124 Å². The highest BCUT2D eigenvalue weighted by Gasteiger charge is 2.22. The number of rotatable bonds is 5. The van der Waals surface area contributed by atoms with Gasteiger partial charge in [-0.05, 0) is 36.5 Å². The third-order valence-electron chi connectivity index (χ3n) is 3.81. The Balaban J connectivity index is 1.60. The molecule has 0 spiro atoms. The van der Waals surface area contributed by atoms with Crippen molar-refractivity contribution in [1.29, 1.82) is 0 Å². The summed E-state index contributed by atoms with van der Waals surface area (Å²) in [6.45, 7) is 3.10. The van der Waals surface area contributed by atoms with Crippen LogP contribution < -0.4 is 5.73 Å². The van der Waals surface area contributed by atoms with Gasteiger partial charge in [-0.2, -0.15) is 5.10 Å². The van der Waals surface area contributed by atoms with Crippen molar-refractivity contribution in [1.82, 2.24) is 9.78 Å². The Hall–Kier alpha value is -1.26. The molecule has 1 aliphatic heterocycles. The minimum Gasteiger partial charge on any atom is -0.327 e. The summed E-state index contributed by atoms with van der Waals surface area (Å²) in [6, 6.07) is 8.94. The van der Waals surface area contributed by atoms with Crippen LogP contribution in [0.2, 0.25) is 0 Å². The van der Waals surface area contributed by atoms with E-state index in [1.54, 1.807) is 0 Å². The van der Waals surface area contributed by atoms with Gasteiger partial charge in [-0.3, -0.25) is 4.68 Å². The highest BCUT2D eigenvalue weighted by molar-refractivity contribution is 8.00.